The second-order valence-corrected chi connectivity index (χ2v) is 6.07. The fraction of sp³-hybridized carbons (Fsp3) is 0.250. The minimum Gasteiger partial charge on any atom is -0.117 e. The first-order valence-corrected chi connectivity index (χ1v) is 7.32. The summed E-state index contributed by atoms with van der Waals surface area (Å²) in [5, 5.41) is 1.02. The number of benzene rings is 2. The Morgan fingerprint density at radius 3 is 2.16 bits per heavy atom. The molecule has 0 saturated heterocycles. The second kappa shape index (κ2) is 6.17. The van der Waals surface area contributed by atoms with Crippen LogP contribution in [0.3, 0.4) is 0 Å². The Hall–Kier alpha value is -0.690. The van der Waals surface area contributed by atoms with E-state index in [2.05, 4.69) is 32.0 Å². The number of aryl methyl sites for hydroxylation is 2. The van der Waals surface area contributed by atoms with Gasteiger partial charge in [-0.1, -0.05) is 47.5 Å². The lowest BCUT2D eigenvalue weighted by Crippen LogP contribution is -1.99. The highest BCUT2D eigenvalue weighted by molar-refractivity contribution is 6.37. The fourth-order valence-corrected chi connectivity index (χ4v) is 3.24. The van der Waals surface area contributed by atoms with Crippen LogP contribution in [-0.4, -0.2) is 0 Å². The Morgan fingerprint density at radius 1 is 0.947 bits per heavy atom. The van der Waals surface area contributed by atoms with Gasteiger partial charge in [0.2, 0.25) is 0 Å². The van der Waals surface area contributed by atoms with Crippen LogP contribution >= 0.6 is 34.8 Å². The fourth-order valence-electron chi connectivity index (χ4n) is 2.05. The van der Waals surface area contributed by atoms with Crippen LogP contribution in [0.2, 0.25) is 10.0 Å². The van der Waals surface area contributed by atoms with Gasteiger partial charge in [-0.05, 0) is 49.1 Å². The minimum absolute atomic E-state index is 0.219. The average molecular weight is 314 g/mol. The zero-order valence-corrected chi connectivity index (χ0v) is 13.2. The predicted molar refractivity (Wildman–Crippen MR) is 84.7 cm³/mol. The molecule has 100 valence electrons. The Kier molecular flexibility index (Phi) is 4.78. The van der Waals surface area contributed by atoms with Crippen LogP contribution < -0.4 is 0 Å². The van der Waals surface area contributed by atoms with Crippen molar-refractivity contribution in [3.05, 3.63) is 68.7 Å². The topological polar surface area (TPSA) is 0 Å². The summed E-state index contributed by atoms with van der Waals surface area (Å²) in [5.74, 6) is 0. The summed E-state index contributed by atoms with van der Waals surface area (Å²) in [5.41, 5.74) is 4.56. The third-order valence-electron chi connectivity index (χ3n) is 3.30. The van der Waals surface area contributed by atoms with E-state index in [1.54, 1.807) is 0 Å². The predicted octanol–water partition coefficient (Wildman–Crippen LogP) is 6.13. The summed E-state index contributed by atoms with van der Waals surface area (Å²) in [7, 11) is 0. The van der Waals surface area contributed by atoms with Gasteiger partial charge in [0.15, 0.2) is 0 Å². The Bertz CT molecular complexity index is 570. The molecule has 1 unspecified atom stereocenters. The smallest absolute Gasteiger partial charge is 0.0654 e. The first kappa shape index (κ1) is 14.7. The van der Waals surface area contributed by atoms with Crippen LogP contribution in [0.5, 0.6) is 0 Å². The van der Waals surface area contributed by atoms with E-state index in [0.717, 1.165) is 5.56 Å². The lowest BCUT2D eigenvalue weighted by Gasteiger charge is -2.14. The van der Waals surface area contributed by atoms with Gasteiger partial charge in [0, 0.05) is 15.6 Å². The molecule has 0 aliphatic rings. The molecular weight excluding hydrogens is 299 g/mol. The third kappa shape index (κ3) is 3.45. The van der Waals surface area contributed by atoms with E-state index >= 15 is 0 Å². The molecule has 2 aromatic carbocycles. The minimum atomic E-state index is -0.219. The summed E-state index contributed by atoms with van der Waals surface area (Å²) in [6.07, 6.45) is 0.714. The van der Waals surface area contributed by atoms with Crippen molar-refractivity contribution in [2.45, 2.75) is 25.6 Å². The van der Waals surface area contributed by atoms with E-state index in [9.17, 15) is 0 Å². The van der Waals surface area contributed by atoms with Crippen LogP contribution in [-0.2, 0) is 6.42 Å². The van der Waals surface area contributed by atoms with Gasteiger partial charge in [0.05, 0.1) is 5.38 Å². The molecule has 2 aromatic rings. The number of rotatable bonds is 3. The molecule has 0 nitrogen and oxygen atoms in total. The van der Waals surface area contributed by atoms with E-state index in [1.807, 2.05) is 18.2 Å². The van der Waals surface area contributed by atoms with Crippen molar-refractivity contribution in [3.8, 4) is 0 Å². The molecule has 0 radical (unpaired) electrons. The molecule has 0 aliphatic heterocycles. The van der Waals surface area contributed by atoms with E-state index in [1.165, 1.54) is 16.7 Å². The summed E-state index contributed by atoms with van der Waals surface area (Å²) in [6, 6.07) is 11.8. The number of hydrogen-bond acceptors (Lipinski definition) is 0. The molecule has 2 rings (SSSR count). The average Bonchev–Trinajstić information content (AvgIpc) is 2.33. The van der Waals surface area contributed by atoms with E-state index in [4.69, 9.17) is 34.8 Å². The van der Waals surface area contributed by atoms with Crippen molar-refractivity contribution >= 4 is 34.8 Å². The summed E-state index contributed by atoms with van der Waals surface area (Å²) in [6.45, 7) is 4.20. The van der Waals surface area contributed by atoms with Crippen molar-refractivity contribution in [1.82, 2.24) is 0 Å². The molecule has 1 atom stereocenters. The zero-order chi connectivity index (χ0) is 14.0. The maximum absolute atomic E-state index is 6.47. The van der Waals surface area contributed by atoms with Gasteiger partial charge >= 0.3 is 0 Å². The van der Waals surface area contributed by atoms with E-state index in [0.29, 0.717) is 16.5 Å². The molecule has 0 aromatic heterocycles. The summed E-state index contributed by atoms with van der Waals surface area (Å²) in [4.78, 5) is 0. The molecule has 19 heavy (non-hydrogen) atoms. The quantitative estimate of drug-likeness (QED) is 0.598. The Balaban J connectivity index is 2.25. The number of hydrogen-bond donors (Lipinski definition) is 0. The highest BCUT2D eigenvalue weighted by Crippen LogP contribution is 2.36. The van der Waals surface area contributed by atoms with Crippen molar-refractivity contribution in [2.24, 2.45) is 0 Å². The zero-order valence-electron chi connectivity index (χ0n) is 10.9. The molecular formula is C16H15Cl3. The molecule has 0 N–H and O–H groups in total. The highest BCUT2D eigenvalue weighted by Gasteiger charge is 2.16. The van der Waals surface area contributed by atoms with Gasteiger partial charge in [0.25, 0.3) is 0 Å². The van der Waals surface area contributed by atoms with Crippen LogP contribution in [0.15, 0.2) is 36.4 Å². The lowest BCUT2D eigenvalue weighted by molar-refractivity contribution is 0.917. The second-order valence-electron chi connectivity index (χ2n) is 4.73. The van der Waals surface area contributed by atoms with Crippen molar-refractivity contribution in [3.63, 3.8) is 0 Å². The maximum atomic E-state index is 6.47. The largest absolute Gasteiger partial charge is 0.117 e. The lowest BCUT2D eigenvalue weighted by atomic mass is 10.00. The standard InChI is InChI=1S/C16H15Cl3/c1-10-6-7-12(8-11(10)2)9-15(19)16-13(17)4-3-5-14(16)18/h3-8,15H,9H2,1-2H3. The van der Waals surface area contributed by atoms with Gasteiger partial charge in [-0.25, -0.2) is 0 Å². The first-order chi connectivity index (χ1) is 8.99. The highest BCUT2D eigenvalue weighted by atomic mass is 35.5. The Labute approximate surface area is 129 Å². The summed E-state index contributed by atoms with van der Waals surface area (Å²) >= 11 is 18.8. The molecule has 0 amide bonds. The van der Waals surface area contributed by atoms with Gasteiger partial charge in [-0.3, -0.25) is 0 Å². The summed E-state index contributed by atoms with van der Waals surface area (Å²) < 4.78 is 0. The van der Waals surface area contributed by atoms with Gasteiger partial charge in [0.1, 0.15) is 0 Å². The van der Waals surface area contributed by atoms with E-state index in [-0.39, 0.29) is 5.38 Å². The Morgan fingerprint density at radius 2 is 1.58 bits per heavy atom. The number of alkyl halides is 1. The third-order valence-corrected chi connectivity index (χ3v) is 4.33. The molecule has 0 aliphatic carbocycles. The SMILES string of the molecule is Cc1ccc(CC(Cl)c2c(Cl)cccc2Cl)cc1C. The number of halogens is 3. The van der Waals surface area contributed by atoms with Crippen LogP contribution in [0, 0.1) is 13.8 Å². The maximum Gasteiger partial charge on any atom is 0.0654 e. The van der Waals surface area contributed by atoms with Crippen molar-refractivity contribution in [2.75, 3.05) is 0 Å². The van der Waals surface area contributed by atoms with Crippen LogP contribution in [0.25, 0.3) is 0 Å². The van der Waals surface area contributed by atoms with Gasteiger partial charge in [-0.2, -0.15) is 0 Å². The first-order valence-electron chi connectivity index (χ1n) is 6.13. The molecule has 0 fully saturated rings. The molecule has 3 heteroatoms. The van der Waals surface area contributed by atoms with Crippen LogP contribution in [0.1, 0.15) is 27.6 Å². The van der Waals surface area contributed by atoms with Gasteiger partial charge < -0.3 is 0 Å². The molecule has 0 heterocycles. The molecule has 0 bridgehead atoms. The monoisotopic (exact) mass is 312 g/mol. The molecule has 0 spiro atoms. The van der Waals surface area contributed by atoms with Gasteiger partial charge in [-0.15, -0.1) is 11.6 Å². The van der Waals surface area contributed by atoms with Crippen LogP contribution in [0.4, 0.5) is 0 Å². The van der Waals surface area contributed by atoms with Crippen molar-refractivity contribution in [1.29, 1.82) is 0 Å². The van der Waals surface area contributed by atoms with E-state index < -0.39 is 0 Å². The normalized spacial score (nSPS) is 12.5. The molecule has 0 saturated carbocycles. The van der Waals surface area contributed by atoms with Crippen molar-refractivity contribution < 1.29 is 0 Å².